The number of thiazole rings is 1. The van der Waals surface area contributed by atoms with E-state index < -0.39 is 4.92 Å². The van der Waals surface area contributed by atoms with Gasteiger partial charge in [-0.05, 0) is 14.1 Å². The van der Waals surface area contributed by atoms with Crippen molar-refractivity contribution in [1.29, 1.82) is 0 Å². The van der Waals surface area contributed by atoms with Crippen molar-refractivity contribution in [3.05, 3.63) is 38.2 Å². The molecule has 0 aliphatic rings. The highest BCUT2D eigenvalue weighted by Crippen LogP contribution is 2.17. The molecule has 2 N–H and O–H groups in total. The van der Waals surface area contributed by atoms with E-state index in [1.165, 1.54) is 0 Å². The molecule has 0 amide bonds. The van der Waals surface area contributed by atoms with E-state index in [4.69, 9.17) is 6.42 Å². The van der Waals surface area contributed by atoms with E-state index in [1.54, 1.807) is 23.1 Å². The molecule has 0 atom stereocenters. The lowest BCUT2D eigenvalue weighted by atomic mass is 10.5. The van der Waals surface area contributed by atoms with Gasteiger partial charge in [0.1, 0.15) is 5.01 Å². The Morgan fingerprint density at radius 3 is 3.04 bits per heavy atom. The van der Waals surface area contributed by atoms with Gasteiger partial charge < -0.3 is 15.5 Å². The highest BCUT2D eigenvalue weighted by molar-refractivity contribution is 7.98. The molecule has 126 valence electrons. The maximum atomic E-state index is 10.5. The smallest absolute Gasteiger partial charge is 0.274 e. The molecule has 0 unspecified atom stereocenters. The first kappa shape index (κ1) is 19.3. The summed E-state index contributed by atoms with van der Waals surface area (Å²) in [6.07, 6.45) is 6.02. The highest BCUT2D eigenvalue weighted by atomic mass is 32.2. The minimum absolute atomic E-state index is 0.244. The average molecular weight is 355 g/mol. The number of nitro groups is 1. The topological polar surface area (TPSA) is 83.3 Å². The summed E-state index contributed by atoms with van der Waals surface area (Å²) in [6, 6.07) is 0. The van der Waals surface area contributed by atoms with E-state index in [1.807, 2.05) is 14.1 Å². The van der Waals surface area contributed by atoms with Crippen LogP contribution in [-0.4, -0.2) is 47.7 Å². The minimum atomic E-state index is -0.513. The highest BCUT2D eigenvalue weighted by Gasteiger charge is 2.04. The molecule has 0 fully saturated rings. The van der Waals surface area contributed by atoms with Gasteiger partial charge in [-0.25, -0.2) is 4.98 Å². The van der Waals surface area contributed by atoms with Gasteiger partial charge in [0.2, 0.25) is 0 Å². The lowest BCUT2D eigenvalue weighted by Crippen LogP contribution is -2.29. The quantitative estimate of drug-likeness (QED) is 0.268. The van der Waals surface area contributed by atoms with Gasteiger partial charge in [0.25, 0.3) is 6.20 Å². The molecule has 7 nitrogen and oxygen atoms in total. The summed E-state index contributed by atoms with van der Waals surface area (Å²) < 4.78 is 0. The van der Waals surface area contributed by atoms with Gasteiger partial charge in [0.05, 0.1) is 17.2 Å². The van der Waals surface area contributed by atoms with E-state index >= 15 is 0 Å². The van der Waals surface area contributed by atoms with Crippen molar-refractivity contribution in [2.75, 3.05) is 32.9 Å². The fourth-order valence-corrected chi connectivity index (χ4v) is 3.36. The molecular weight excluding hydrogens is 334 g/mol. The molecule has 0 radical (unpaired) electrons. The second-order valence-corrected chi connectivity index (χ2v) is 6.88. The molecule has 0 bridgehead atoms. The number of hydrogen-bond donors (Lipinski definition) is 2. The summed E-state index contributed by atoms with van der Waals surface area (Å²) in [4.78, 5) is 16.6. The summed E-state index contributed by atoms with van der Waals surface area (Å²) in [5.41, 5.74) is 1.09. The van der Waals surface area contributed by atoms with Gasteiger partial charge >= 0.3 is 0 Å². The molecule has 1 aromatic heterocycles. The number of nitrogens with zero attached hydrogens (tertiary/aromatic N) is 3. The average Bonchev–Trinajstić information content (AvgIpc) is 2.90. The fraction of sp³-hybridized carbons (Fsp3) is 0.500. The Labute approximate surface area is 144 Å². The van der Waals surface area contributed by atoms with Crippen LogP contribution in [0.1, 0.15) is 10.7 Å². The summed E-state index contributed by atoms with van der Waals surface area (Å²) >= 11 is 3.39. The first-order valence-electron chi connectivity index (χ1n) is 6.93. The van der Waals surface area contributed by atoms with Crippen molar-refractivity contribution in [2.24, 2.45) is 0 Å². The summed E-state index contributed by atoms with van der Waals surface area (Å²) in [5.74, 6) is 4.36. The molecule has 0 spiro atoms. The Balaban J connectivity index is 2.27. The van der Waals surface area contributed by atoms with Crippen LogP contribution in [0.25, 0.3) is 0 Å². The third-order valence-electron chi connectivity index (χ3n) is 2.48. The van der Waals surface area contributed by atoms with Gasteiger partial charge in [0.15, 0.2) is 5.82 Å². The molecule has 1 aromatic rings. The second-order valence-electron chi connectivity index (χ2n) is 4.84. The Morgan fingerprint density at radius 2 is 2.39 bits per heavy atom. The van der Waals surface area contributed by atoms with Gasteiger partial charge in [-0.15, -0.1) is 17.8 Å². The second kappa shape index (κ2) is 10.9. The van der Waals surface area contributed by atoms with Gasteiger partial charge in [-0.1, -0.05) is 5.92 Å². The maximum absolute atomic E-state index is 10.5. The molecule has 0 aliphatic heterocycles. The third kappa shape index (κ3) is 9.07. The van der Waals surface area contributed by atoms with Gasteiger partial charge in [0, 0.05) is 30.0 Å². The van der Waals surface area contributed by atoms with Crippen LogP contribution in [0, 0.1) is 22.5 Å². The minimum Gasteiger partial charge on any atom is -0.366 e. The molecule has 0 saturated carbocycles. The Morgan fingerprint density at radius 1 is 1.61 bits per heavy atom. The largest absolute Gasteiger partial charge is 0.366 e. The normalized spacial score (nSPS) is 11.3. The SMILES string of the molecule is C#CCN/C(=C/[N+](=O)[O-])NCCSCc1nc(CN(C)C)cs1. The Hall–Kier alpha value is -1.76. The van der Waals surface area contributed by atoms with Gasteiger partial charge in [-0.3, -0.25) is 10.1 Å². The number of rotatable bonds is 11. The first-order valence-corrected chi connectivity index (χ1v) is 8.97. The van der Waals surface area contributed by atoms with Crippen molar-refractivity contribution < 1.29 is 4.92 Å². The van der Waals surface area contributed by atoms with Crippen LogP contribution in [0.5, 0.6) is 0 Å². The molecule has 0 aromatic carbocycles. The number of hydrogen-bond acceptors (Lipinski definition) is 8. The predicted molar refractivity (Wildman–Crippen MR) is 95.6 cm³/mol. The van der Waals surface area contributed by atoms with Crippen molar-refractivity contribution in [3.63, 3.8) is 0 Å². The standard InChI is InChI=1S/C14H21N5O2S2/c1-4-5-15-13(9-19(20)21)16-6-7-22-11-14-17-12(10-23-14)8-18(2)3/h1,9-10,15-16H,5-8,11H2,2-3H3/b13-9-. The third-order valence-corrected chi connectivity index (χ3v) is 4.53. The van der Waals surface area contributed by atoms with Crippen LogP contribution in [0.15, 0.2) is 17.4 Å². The van der Waals surface area contributed by atoms with E-state index in [2.05, 4.69) is 31.8 Å². The molecule has 0 aliphatic carbocycles. The lowest BCUT2D eigenvalue weighted by Gasteiger charge is -2.08. The summed E-state index contributed by atoms with van der Waals surface area (Å²) in [5, 5.41) is 19.4. The number of thioether (sulfide) groups is 1. The zero-order valence-corrected chi connectivity index (χ0v) is 14.9. The Bertz CT molecular complexity index is 566. The first-order chi connectivity index (χ1) is 11.0. The molecule has 1 heterocycles. The maximum Gasteiger partial charge on any atom is 0.274 e. The monoisotopic (exact) mass is 355 g/mol. The molecule has 0 saturated heterocycles. The number of nitrogens with one attached hydrogen (secondary N) is 2. The molecule has 23 heavy (non-hydrogen) atoms. The van der Waals surface area contributed by atoms with Crippen molar-refractivity contribution in [3.8, 4) is 12.3 Å². The van der Waals surface area contributed by atoms with E-state index in [0.29, 0.717) is 12.4 Å². The van der Waals surface area contributed by atoms with Crippen molar-refractivity contribution in [1.82, 2.24) is 20.5 Å². The fourth-order valence-electron chi connectivity index (χ4n) is 1.63. The van der Waals surface area contributed by atoms with Crippen LogP contribution in [0.3, 0.4) is 0 Å². The van der Waals surface area contributed by atoms with E-state index in [-0.39, 0.29) is 6.54 Å². The van der Waals surface area contributed by atoms with Crippen LogP contribution in [0.2, 0.25) is 0 Å². The van der Waals surface area contributed by atoms with Gasteiger partial charge in [-0.2, -0.15) is 11.8 Å². The van der Waals surface area contributed by atoms with Crippen LogP contribution in [-0.2, 0) is 12.3 Å². The summed E-state index contributed by atoms with van der Waals surface area (Å²) in [6.45, 7) is 1.70. The van der Waals surface area contributed by atoms with Crippen LogP contribution in [0.4, 0.5) is 0 Å². The Kier molecular flexibility index (Phi) is 9.12. The predicted octanol–water partition coefficient (Wildman–Crippen LogP) is 1.33. The summed E-state index contributed by atoms with van der Waals surface area (Å²) in [7, 11) is 4.04. The molecule has 9 heteroatoms. The van der Waals surface area contributed by atoms with Crippen LogP contribution >= 0.6 is 23.1 Å². The molecule has 1 rings (SSSR count). The molecular formula is C14H21N5O2S2. The number of aromatic nitrogens is 1. The zero-order valence-electron chi connectivity index (χ0n) is 13.2. The van der Waals surface area contributed by atoms with Crippen molar-refractivity contribution >= 4 is 23.1 Å². The van der Waals surface area contributed by atoms with Crippen molar-refractivity contribution in [2.45, 2.75) is 12.3 Å². The van der Waals surface area contributed by atoms with E-state index in [0.717, 1.165) is 35.0 Å². The zero-order chi connectivity index (χ0) is 17.1. The van der Waals surface area contributed by atoms with E-state index in [9.17, 15) is 10.1 Å². The lowest BCUT2D eigenvalue weighted by molar-refractivity contribution is -0.404. The number of terminal acetylenes is 1. The van der Waals surface area contributed by atoms with Crippen LogP contribution < -0.4 is 10.6 Å².